The number of aromatic nitrogens is 2. The third-order valence-corrected chi connectivity index (χ3v) is 7.45. The van der Waals surface area contributed by atoms with Crippen molar-refractivity contribution in [2.45, 2.75) is 31.2 Å². The van der Waals surface area contributed by atoms with Gasteiger partial charge in [0.25, 0.3) is 5.91 Å². The first-order valence-electron chi connectivity index (χ1n) is 10.1. The van der Waals surface area contributed by atoms with Crippen molar-refractivity contribution in [2.75, 3.05) is 46.5 Å². The van der Waals surface area contributed by atoms with Gasteiger partial charge in [-0.25, -0.2) is 17.7 Å². The molecular weight excluding hydrogens is 390 g/mol. The second-order valence-corrected chi connectivity index (χ2v) is 10.4. The molecular formula is C20H29N5O3S. The maximum absolute atomic E-state index is 13.3. The molecule has 2 aliphatic heterocycles. The largest absolute Gasteiger partial charge is 0.336 e. The predicted octanol–water partition coefficient (Wildman–Crippen LogP) is 1.25. The van der Waals surface area contributed by atoms with Crippen LogP contribution in [0.5, 0.6) is 0 Å². The van der Waals surface area contributed by atoms with Crippen LogP contribution >= 0.6 is 0 Å². The molecule has 0 N–H and O–H groups in total. The number of rotatable bonds is 4. The van der Waals surface area contributed by atoms with Crippen LogP contribution in [0.15, 0.2) is 24.4 Å². The molecule has 2 saturated heterocycles. The third-order valence-electron chi connectivity index (χ3n) is 6.18. The minimum atomic E-state index is -3.24. The zero-order valence-corrected chi connectivity index (χ0v) is 18.1. The highest BCUT2D eigenvalue weighted by atomic mass is 32.2. The van der Waals surface area contributed by atoms with Crippen molar-refractivity contribution in [1.29, 1.82) is 0 Å². The topological polar surface area (TPSA) is 78.2 Å². The second kappa shape index (κ2) is 7.70. The summed E-state index contributed by atoms with van der Waals surface area (Å²) >= 11 is 0. The van der Waals surface area contributed by atoms with Crippen LogP contribution < -0.4 is 0 Å². The van der Waals surface area contributed by atoms with Gasteiger partial charge < -0.3 is 14.2 Å². The predicted molar refractivity (Wildman–Crippen MR) is 112 cm³/mol. The van der Waals surface area contributed by atoms with E-state index in [9.17, 15) is 13.2 Å². The summed E-state index contributed by atoms with van der Waals surface area (Å²) in [6.45, 7) is 2.39. The highest BCUT2D eigenvalue weighted by Crippen LogP contribution is 2.30. The van der Waals surface area contributed by atoms with Crippen molar-refractivity contribution in [2.24, 2.45) is 0 Å². The molecule has 158 valence electrons. The first-order chi connectivity index (χ1) is 13.8. The van der Waals surface area contributed by atoms with Crippen LogP contribution in [-0.4, -0.2) is 90.4 Å². The Balaban J connectivity index is 1.66. The number of hydrogen-bond acceptors (Lipinski definition) is 5. The number of nitrogens with zero attached hydrogens (tertiary/aromatic N) is 5. The Hall–Kier alpha value is -1.97. The average molecular weight is 420 g/mol. The number of imidazole rings is 1. The standard InChI is InChI=1S/C20H29N5O3S/c1-22(2)16-9-12-23(14-16)20(26)18-17-8-4-5-11-25(17)19(21-18)15-7-6-10-24(13-15)29(3,27)28/h4-5,8,11,15-16H,6-7,9-10,12-14H2,1-3H3/t15-,16+/m0/s1. The van der Waals surface area contributed by atoms with Crippen LogP contribution in [0.25, 0.3) is 5.52 Å². The van der Waals surface area contributed by atoms with E-state index in [2.05, 4.69) is 4.90 Å². The molecule has 9 heteroatoms. The minimum absolute atomic E-state index is 0.0250. The van der Waals surface area contributed by atoms with Crippen LogP contribution in [0.3, 0.4) is 0 Å². The van der Waals surface area contributed by atoms with E-state index in [0.717, 1.165) is 37.1 Å². The highest BCUT2D eigenvalue weighted by molar-refractivity contribution is 7.88. The zero-order chi connectivity index (χ0) is 20.8. The average Bonchev–Trinajstić information content (AvgIpc) is 3.33. The summed E-state index contributed by atoms with van der Waals surface area (Å²) < 4.78 is 27.6. The molecule has 2 aromatic heterocycles. The van der Waals surface area contributed by atoms with Crippen molar-refractivity contribution in [3.8, 4) is 0 Å². The van der Waals surface area contributed by atoms with Gasteiger partial charge in [-0.1, -0.05) is 6.07 Å². The minimum Gasteiger partial charge on any atom is -0.336 e. The Morgan fingerprint density at radius 1 is 1.17 bits per heavy atom. The number of amides is 1. The second-order valence-electron chi connectivity index (χ2n) is 8.39. The number of carbonyl (C=O) groups excluding carboxylic acids is 1. The molecule has 2 aliphatic rings. The Morgan fingerprint density at radius 3 is 2.66 bits per heavy atom. The zero-order valence-electron chi connectivity index (χ0n) is 17.3. The molecule has 2 atom stereocenters. The van der Waals surface area contributed by atoms with Crippen molar-refractivity contribution in [1.82, 2.24) is 23.5 Å². The molecule has 29 heavy (non-hydrogen) atoms. The number of likely N-dealkylation sites (N-methyl/N-ethyl adjacent to an activating group) is 1. The molecule has 2 aromatic rings. The molecule has 8 nitrogen and oxygen atoms in total. The van der Waals surface area contributed by atoms with Crippen molar-refractivity contribution < 1.29 is 13.2 Å². The lowest BCUT2D eigenvalue weighted by molar-refractivity contribution is 0.0779. The summed E-state index contributed by atoms with van der Waals surface area (Å²) in [6, 6.07) is 6.12. The molecule has 0 saturated carbocycles. The molecule has 0 spiro atoms. The quantitative estimate of drug-likeness (QED) is 0.745. The number of piperidine rings is 1. The number of fused-ring (bicyclic) bond motifs is 1. The fraction of sp³-hybridized carbons (Fsp3) is 0.600. The van der Waals surface area contributed by atoms with E-state index < -0.39 is 10.0 Å². The van der Waals surface area contributed by atoms with Gasteiger partial charge in [-0.05, 0) is 45.5 Å². The number of pyridine rings is 1. The van der Waals surface area contributed by atoms with E-state index in [4.69, 9.17) is 4.98 Å². The summed E-state index contributed by atoms with van der Waals surface area (Å²) in [5.74, 6) is 0.712. The molecule has 2 fully saturated rings. The molecule has 0 radical (unpaired) electrons. The van der Waals surface area contributed by atoms with Gasteiger partial charge in [0.2, 0.25) is 10.0 Å². The van der Waals surface area contributed by atoms with E-state index in [1.54, 1.807) is 0 Å². The molecule has 4 rings (SSSR count). The SMILES string of the molecule is CN(C)[C@@H]1CCN(C(=O)c2nc([C@H]3CCCN(S(C)(=O)=O)C3)n3ccccc23)C1. The Labute approximate surface area is 172 Å². The van der Waals surface area contributed by atoms with Gasteiger partial charge in [0, 0.05) is 44.3 Å². The fourth-order valence-electron chi connectivity index (χ4n) is 4.46. The van der Waals surface area contributed by atoms with E-state index in [-0.39, 0.29) is 11.8 Å². The van der Waals surface area contributed by atoms with Gasteiger partial charge in [0.15, 0.2) is 5.69 Å². The lowest BCUT2D eigenvalue weighted by Gasteiger charge is -2.30. The van der Waals surface area contributed by atoms with E-state index in [1.165, 1.54) is 10.6 Å². The summed E-state index contributed by atoms with van der Waals surface area (Å²) in [5.41, 5.74) is 1.26. The molecule has 0 bridgehead atoms. The van der Waals surface area contributed by atoms with Crippen LogP contribution in [0.1, 0.15) is 41.5 Å². The number of carbonyl (C=O) groups is 1. The molecule has 0 unspecified atom stereocenters. The Bertz CT molecular complexity index is 1020. The van der Waals surface area contributed by atoms with E-state index in [1.807, 2.05) is 47.8 Å². The summed E-state index contributed by atoms with van der Waals surface area (Å²) in [6.07, 6.45) is 5.78. The van der Waals surface area contributed by atoms with Gasteiger partial charge in [-0.2, -0.15) is 0 Å². The highest BCUT2D eigenvalue weighted by Gasteiger charge is 2.33. The lowest BCUT2D eigenvalue weighted by atomic mass is 9.99. The summed E-state index contributed by atoms with van der Waals surface area (Å²) in [4.78, 5) is 22.1. The maximum atomic E-state index is 13.3. The molecule has 1 amide bonds. The van der Waals surface area contributed by atoms with Crippen molar-refractivity contribution in [3.05, 3.63) is 35.9 Å². The number of sulfonamides is 1. The van der Waals surface area contributed by atoms with E-state index >= 15 is 0 Å². The maximum Gasteiger partial charge on any atom is 0.274 e. The number of likely N-dealkylation sites (tertiary alicyclic amines) is 1. The van der Waals surface area contributed by atoms with Crippen LogP contribution in [0.2, 0.25) is 0 Å². The van der Waals surface area contributed by atoms with Gasteiger partial charge in [0.05, 0.1) is 11.8 Å². The Kier molecular flexibility index (Phi) is 5.39. The smallest absolute Gasteiger partial charge is 0.274 e. The summed E-state index contributed by atoms with van der Waals surface area (Å²) in [5, 5.41) is 0. The Morgan fingerprint density at radius 2 is 1.97 bits per heavy atom. The van der Waals surface area contributed by atoms with Crippen molar-refractivity contribution >= 4 is 21.4 Å². The van der Waals surface area contributed by atoms with Crippen LogP contribution in [0, 0.1) is 0 Å². The number of hydrogen-bond donors (Lipinski definition) is 0. The fourth-order valence-corrected chi connectivity index (χ4v) is 5.37. The van der Waals surface area contributed by atoms with Gasteiger partial charge in [-0.15, -0.1) is 0 Å². The van der Waals surface area contributed by atoms with Gasteiger partial charge in [-0.3, -0.25) is 4.79 Å². The van der Waals surface area contributed by atoms with E-state index in [0.29, 0.717) is 31.4 Å². The normalized spacial score (nSPS) is 23.9. The van der Waals surface area contributed by atoms with Crippen molar-refractivity contribution in [3.63, 3.8) is 0 Å². The first kappa shape index (κ1) is 20.3. The summed E-state index contributed by atoms with van der Waals surface area (Å²) in [7, 11) is 0.842. The lowest BCUT2D eigenvalue weighted by Crippen LogP contribution is -2.38. The molecule has 0 aliphatic carbocycles. The van der Waals surface area contributed by atoms with Crippen LogP contribution in [-0.2, 0) is 10.0 Å². The third kappa shape index (κ3) is 3.91. The molecule has 4 heterocycles. The van der Waals surface area contributed by atoms with Gasteiger partial charge >= 0.3 is 0 Å². The molecule has 0 aromatic carbocycles. The monoisotopic (exact) mass is 419 g/mol. The first-order valence-corrected chi connectivity index (χ1v) is 12.0. The van der Waals surface area contributed by atoms with Crippen LogP contribution in [0.4, 0.5) is 0 Å². The van der Waals surface area contributed by atoms with Gasteiger partial charge in [0.1, 0.15) is 5.82 Å².